The van der Waals surface area contributed by atoms with Gasteiger partial charge in [0, 0.05) is 11.4 Å². The molecule has 5 heteroatoms. The van der Waals surface area contributed by atoms with Gasteiger partial charge in [-0.1, -0.05) is 32.0 Å². The lowest BCUT2D eigenvalue weighted by atomic mass is 10.0. The summed E-state index contributed by atoms with van der Waals surface area (Å²) >= 11 is 5.38. The fourth-order valence-electron chi connectivity index (χ4n) is 2.30. The Hall–Kier alpha value is -2.40. The zero-order valence-corrected chi connectivity index (χ0v) is 14.9. The lowest BCUT2D eigenvalue weighted by Crippen LogP contribution is -2.20. The minimum absolute atomic E-state index is 0.324. The molecule has 2 aromatic rings. The summed E-state index contributed by atoms with van der Waals surface area (Å²) in [5, 5.41) is 6.86. The largest absolute Gasteiger partial charge is 0.462 e. The topological polar surface area (TPSA) is 50.4 Å². The van der Waals surface area contributed by atoms with Crippen molar-refractivity contribution in [2.75, 3.05) is 17.2 Å². The predicted molar refractivity (Wildman–Crippen MR) is 103 cm³/mol. The number of anilines is 2. The molecule has 0 saturated carbocycles. The first-order valence-electron chi connectivity index (χ1n) is 7.95. The third kappa shape index (κ3) is 4.80. The molecule has 24 heavy (non-hydrogen) atoms. The van der Waals surface area contributed by atoms with Gasteiger partial charge in [-0.2, -0.15) is 0 Å². The number of carbonyl (C=O) groups is 1. The van der Waals surface area contributed by atoms with Gasteiger partial charge in [0.05, 0.1) is 12.2 Å². The Labute approximate surface area is 148 Å². The Bertz CT molecular complexity index is 712. The fraction of sp³-hybridized carbons (Fsp3) is 0.263. The number of ether oxygens (including phenoxy) is 1. The predicted octanol–water partition coefficient (Wildman–Crippen LogP) is 4.80. The molecule has 0 aliphatic carbocycles. The summed E-state index contributed by atoms with van der Waals surface area (Å²) in [7, 11) is 0. The summed E-state index contributed by atoms with van der Waals surface area (Å²) < 4.78 is 4.97. The smallest absolute Gasteiger partial charge is 0.338 e. The van der Waals surface area contributed by atoms with Gasteiger partial charge in [0.15, 0.2) is 5.11 Å². The maximum absolute atomic E-state index is 11.6. The number of carbonyl (C=O) groups excluding carboxylic acids is 1. The highest BCUT2D eigenvalue weighted by molar-refractivity contribution is 7.80. The SMILES string of the molecule is CCOC(=O)c1ccc(NC(=S)Nc2ccccc2C(C)C)cc1. The summed E-state index contributed by atoms with van der Waals surface area (Å²) in [4.78, 5) is 11.6. The van der Waals surface area contributed by atoms with E-state index in [9.17, 15) is 4.79 Å². The standard InChI is InChI=1S/C19H22N2O2S/c1-4-23-18(22)14-9-11-15(12-10-14)20-19(24)21-17-8-6-5-7-16(17)13(2)3/h5-13H,4H2,1-3H3,(H2,20,21,24). The lowest BCUT2D eigenvalue weighted by molar-refractivity contribution is 0.0526. The number of hydrogen-bond donors (Lipinski definition) is 2. The van der Waals surface area contributed by atoms with E-state index in [2.05, 4.69) is 30.5 Å². The van der Waals surface area contributed by atoms with Crippen molar-refractivity contribution in [1.82, 2.24) is 0 Å². The molecule has 0 aromatic heterocycles. The van der Waals surface area contributed by atoms with Crippen LogP contribution in [-0.2, 0) is 4.74 Å². The van der Waals surface area contributed by atoms with E-state index in [-0.39, 0.29) is 5.97 Å². The van der Waals surface area contributed by atoms with Gasteiger partial charge >= 0.3 is 5.97 Å². The van der Waals surface area contributed by atoms with Crippen LogP contribution in [0.2, 0.25) is 0 Å². The molecule has 0 spiro atoms. The first-order valence-corrected chi connectivity index (χ1v) is 8.36. The van der Waals surface area contributed by atoms with Crippen LogP contribution in [0.3, 0.4) is 0 Å². The van der Waals surface area contributed by atoms with Crippen molar-refractivity contribution in [1.29, 1.82) is 0 Å². The van der Waals surface area contributed by atoms with Gasteiger partial charge in [-0.15, -0.1) is 0 Å². The van der Waals surface area contributed by atoms with Crippen molar-refractivity contribution in [2.24, 2.45) is 0 Å². The minimum atomic E-state index is -0.324. The number of benzene rings is 2. The summed E-state index contributed by atoms with van der Waals surface area (Å²) in [6.45, 7) is 6.44. The van der Waals surface area contributed by atoms with Gasteiger partial charge in [0.25, 0.3) is 0 Å². The van der Waals surface area contributed by atoms with Gasteiger partial charge in [0.2, 0.25) is 0 Å². The van der Waals surface area contributed by atoms with E-state index in [1.165, 1.54) is 5.56 Å². The van der Waals surface area contributed by atoms with Crippen molar-refractivity contribution in [3.8, 4) is 0 Å². The van der Waals surface area contributed by atoms with Crippen molar-refractivity contribution < 1.29 is 9.53 Å². The molecule has 0 fully saturated rings. The molecule has 0 atom stereocenters. The highest BCUT2D eigenvalue weighted by Gasteiger charge is 2.08. The van der Waals surface area contributed by atoms with Gasteiger partial charge in [-0.25, -0.2) is 4.79 Å². The van der Waals surface area contributed by atoms with Gasteiger partial charge < -0.3 is 15.4 Å². The Kier molecular flexibility index (Phi) is 6.32. The molecule has 0 aliphatic rings. The lowest BCUT2D eigenvalue weighted by Gasteiger charge is -2.16. The van der Waals surface area contributed by atoms with Gasteiger partial charge in [-0.3, -0.25) is 0 Å². The van der Waals surface area contributed by atoms with Crippen molar-refractivity contribution in [3.63, 3.8) is 0 Å². The zero-order chi connectivity index (χ0) is 17.5. The van der Waals surface area contributed by atoms with Crippen LogP contribution in [0.1, 0.15) is 42.6 Å². The van der Waals surface area contributed by atoms with Crippen LogP contribution < -0.4 is 10.6 Å². The Balaban J connectivity index is 2.01. The summed E-state index contributed by atoms with van der Waals surface area (Å²) in [6.07, 6.45) is 0. The molecule has 0 heterocycles. The normalized spacial score (nSPS) is 10.3. The molecule has 0 amide bonds. The Morgan fingerprint density at radius 1 is 1.08 bits per heavy atom. The average molecular weight is 342 g/mol. The van der Waals surface area contributed by atoms with E-state index >= 15 is 0 Å². The zero-order valence-electron chi connectivity index (χ0n) is 14.1. The van der Waals surface area contributed by atoms with E-state index < -0.39 is 0 Å². The van der Waals surface area contributed by atoms with Crippen LogP contribution in [0.5, 0.6) is 0 Å². The van der Waals surface area contributed by atoms with E-state index in [1.54, 1.807) is 31.2 Å². The number of thiocarbonyl (C=S) groups is 1. The van der Waals surface area contributed by atoms with Crippen molar-refractivity contribution in [3.05, 3.63) is 59.7 Å². The maximum Gasteiger partial charge on any atom is 0.338 e. The fourth-order valence-corrected chi connectivity index (χ4v) is 2.53. The number of nitrogens with one attached hydrogen (secondary N) is 2. The molecule has 0 saturated heterocycles. The molecule has 0 unspecified atom stereocenters. The molecule has 2 N–H and O–H groups in total. The van der Waals surface area contributed by atoms with Crippen molar-refractivity contribution in [2.45, 2.75) is 26.7 Å². The Morgan fingerprint density at radius 2 is 1.75 bits per heavy atom. The second-order valence-electron chi connectivity index (χ2n) is 5.62. The quantitative estimate of drug-likeness (QED) is 0.604. The minimum Gasteiger partial charge on any atom is -0.462 e. The van der Waals surface area contributed by atoms with E-state index in [0.29, 0.717) is 23.2 Å². The number of esters is 1. The number of para-hydroxylation sites is 1. The second kappa shape index (κ2) is 8.45. The summed E-state index contributed by atoms with van der Waals surface area (Å²) in [5.74, 6) is 0.0796. The summed E-state index contributed by atoms with van der Waals surface area (Å²) in [6, 6.07) is 15.1. The first-order chi connectivity index (χ1) is 11.5. The van der Waals surface area contributed by atoms with E-state index in [1.807, 2.05) is 18.2 Å². The van der Waals surface area contributed by atoms with Gasteiger partial charge in [-0.05, 0) is 61.0 Å². The van der Waals surface area contributed by atoms with E-state index in [4.69, 9.17) is 17.0 Å². The van der Waals surface area contributed by atoms with Crippen LogP contribution in [0, 0.1) is 0 Å². The number of hydrogen-bond acceptors (Lipinski definition) is 3. The third-order valence-corrected chi connectivity index (χ3v) is 3.69. The van der Waals surface area contributed by atoms with Crippen LogP contribution in [0.4, 0.5) is 11.4 Å². The molecule has 2 rings (SSSR count). The Morgan fingerprint density at radius 3 is 2.38 bits per heavy atom. The molecular weight excluding hydrogens is 320 g/mol. The van der Waals surface area contributed by atoms with E-state index in [0.717, 1.165) is 11.4 Å². The molecule has 126 valence electrons. The molecular formula is C19H22N2O2S. The van der Waals surface area contributed by atoms with Crippen LogP contribution in [0.15, 0.2) is 48.5 Å². The highest BCUT2D eigenvalue weighted by atomic mass is 32.1. The molecule has 0 bridgehead atoms. The molecule has 0 aliphatic heterocycles. The summed E-state index contributed by atoms with van der Waals surface area (Å²) in [5.41, 5.74) is 3.53. The third-order valence-electron chi connectivity index (χ3n) is 3.48. The first kappa shape index (κ1) is 17.9. The molecule has 0 radical (unpaired) electrons. The maximum atomic E-state index is 11.6. The van der Waals surface area contributed by atoms with Gasteiger partial charge in [0.1, 0.15) is 0 Å². The van der Waals surface area contributed by atoms with Crippen LogP contribution in [-0.4, -0.2) is 17.7 Å². The van der Waals surface area contributed by atoms with Crippen LogP contribution in [0.25, 0.3) is 0 Å². The van der Waals surface area contributed by atoms with Crippen LogP contribution >= 0.6 is 12.2 Å². The number of rotatable bonds is 5. The average Bonchev–Trinajstić information content (AvgIpc) is 2.56. The second-order valence-corrected chi connectivity index (χ2v) is 6.03. The molecule has 4 nitrogen and oxygen atoms in total. The van der Waals surface area contributed by atoms with Crippen molar-refractivity contribution >= 4 is 34.7 Å². The highest BCUT2D eigenvalue weighted by Crippen LogP contribution is 2.23. The monoisotopic (exact) mass is 342 g/mol. The molecule has 2 aromatic carbocycles.